The van der Waals surface area contributed by atoms with E-state index in [-0.39, 0.29) is 0 Å². The van der Waals surface area contributed by atoms with Crippen LogP contribution in [0.25, 0.3) is 0 Å². The second-order valence-corrected chi connectivity index (χ2v) is 3.33. The Morgan fingerprint density at radius 2 is 2.23 bits per heavy atom. The molecule has 1 aromatic rings. The van der Waals surface area contributed by atoms with E-state index in [1.54, 1.807) is 6.20 Å². The molecule has 0 aliphatic rings. The first-order valence-corrected chi connectivity index (χ1v) is 4.73. The summed E-state index contributed by atoms with van der Waals surface area (Å²) >= 11 is 0. The monoisotopic (exact) mass is 179 g/mol. The number of rotatable bonds is 4. The van der Waals surface area contributed by atoms with Gasteiger partial charge >= 0.3 is 0 Å². The van der Waals surface area contributed by atoms with Gasteiger partial charge in [0, 0.05) is 12.2 Å². The van der Waals surface area contributed by atoms with Gasteiger partial charge in [-0.15, -0.1) is 0 Å². The van der Waals surface area contributed by atoms with Crippen molar-refractivity contribution < 1.29 is 0 Å². The number of nitrogens with one attached hydrogen (secondary N) is 1. The molecule has 0 fully saturated rings. The summed E-state index contributed by atoms with van der Waals surface area (Å²) in [7, 11) is 1.98. The lowest BCUT2D eigenvalue weighted by Crippen LogP contribution is -2.23. The standard InChI is InChI=1S/C10H17N3/c1-4-8(2)10(11-3)9-5-6-12-13-7-9/h5-8,10-11H,4H2,1-3H3. The Kier molecular flexibility index (Phi) is 3.83. The van der Waals surface area contributed by atoms with Crippen LogP contribution in [0.2, 0.25) is 0 Å². The third kappa shape index (κ3) is 2.49. The molecule has 0 spiro atoms. The van der Waals surface area contributed by atoms with Gasteiger partial charge in [-0.3, -0.25) is 0 Å². The molecule has 1 heterocycles. The lowest BCUT2D eigenvalue weighted by molar-refractivity contribution is 0.399. The zero-order valence-electron chi connectivity index (χ0n) is 8.49. The summed E-state index contributed by atoms with van der Waals surface area (Å²) < 4.78 is 0. The van der Waals surface area contributed by atoms with Crippen molar-refractivity contribution in [3.8, 4) is 0 Å². The second-order valence-electron chi connectivity index (χ2n) is 3.33. The van der Waals surface area contributed by atoms with E-state index in [2.05, 4.69) is 29.4 Å². The van der Waals surface area contributed by atoms with Crippen LogP contribution >= 0.6 is 0 Å². The first-order valence-electron chi connectivity index (χ1n) is 4.73. The van der Waals surface area contributed by atoms with E-state index in [0.29, 0.717) is 12.0 Å². The van der Waals surface area contributed by atoms with Crippen molar-refractivity contribution in [1.29, 1.82) is 0 Å². The largest absolute Gasteiger partial charge is 0.313 e. The van der Waals surface area contributed by atoms with Crippen LogP contribution in [0.4, 0.5) is 0 Å². The maximum absolute atomic E-state index is 3.88. The highest BCUT2D eigenvalue weighted by atomic mass is 15.1. The zero-order valence-corrected chi connectivity index (χ0v) is 8.49. The number of aromatic nitrogens is 2. The van der Waals surface area contributed by atoms with Gasteiger partial charge in [-0.25, -0.2) is 0 Å². The summed E-state index contributed by atoms with van der Waals surface area (Å²) in [6.45, 7) is 4.44. The first kappa shape index (κ1) is 10.1. The van der Waals surface area contributed by atoms with Crippen LogP contribution in [-0.4, -0.2) is 17.2 Å². The van der Waals surface area contributed by atoms with Gasteiger partial charge in [0.25, 0.3) is 0 Å². The summed E-state index contributed by atoms with van der Waals surface area (Å²) in [5.74, 6) is 0.620. The molecular formula is C10H17N3. The van der Waals surface area contributed by atoms with Gasteiger partial charge in [-0.2, -0.15) is 10.2 Å². The maximum Gasteiger partial charge on any atom is 0.0544 e. The van der Waals surface area contributed by atoms with Crippen molar-refractivity contribution in [2.45, 2.75) is 26.3 Å². The van der Waals surface area contributed by atoms with E-state index in [1.807, 2.05) is 19.3 Å². The predicted octanol–water partition coefficient (Wildman–Crippen LogP) is 1.78. The van der Waals surface area contributed by atoms with Gasteiger partial charge < -0.3 is 5.32 Å². The van der Waals surface area contributed by atoms with Gasteiger partial charge in [-0.05, 0) is 24.6 Å². The van der Waals surface area contributed by atoms with Crippen molar-refractivity contribution in [3.05, 3.63) is 24.0 Å². The number of hydrogen-bond donors (Lipinski definition) is 1. The lowest BCUT2D eigenvalue weighted by atomic mass is 9.94. The minimum absolute atomic E-state index is 0.389. The van der Waals surface area contributed by atoms with Crippen molar-refractivity contribution >= 4 is 0 Å². The predicted molar refractivity (Wildman–Crippen MR) is 53.3 cm³/mol. The van der Waals surface area contributed by atoms with Crippen molar-refractivity contribution in [2.75, 3.05) is 7.05 Å². The average Bonchev–Trinajstić information content (AvgIpc) is 2.20. The summed E-state index contributed by atoms with van der Waals surface area (Å²) in [5, 5.41) is 11.0. The number of nitrogens with zero attached hydrogens (tertiary/aromatic N) is 2. The molecule has 0 amide bonds. The molecule has 2 atom stereocenters. The minimum Gasteiger partial charge on any atom is -0.313 e. The highest BCUT2D eigenvalue weighted by Gasteiger charge is 2.15. The molecule has 3 nitrogen and oxygen atoms in total. The second kappa shape index (κ2) is 4.92. The molecule has 1 N–H and O–H groups in total. The van der Waals surface area contributed by atoms with Crippen molar-refractivity contribution in [2.24, 2.45) is 5.92 Å². The van der Waals surface area contributed by atoms with Crippen molar-refractivity contribution in [1.82, 2.24) is 15.5 Å². The van der Waals surface area contributed by atoms with Crippen LogP contribution in [0.1, 0.15) is 31.9 Å². The Morgan fingerprint density at radius 1 is 1.46 bits per heavy atom. The Labute approximate surface area is 79.6 Å². The van der Waals surface area contributed by atoms with Gasteiger partial charge in [0.1, 0.15) is 0 Å². The van der Waals surface area contributed by atoms with E-state index >= 15 is 0 Å². The fourth-order valence-corrected chi connectivity index (χ4v) is 1.50. The van der Waals surface area contributed by atoms with Gasteiger partial charge in [0.05, 0.1) is 6.20 Å². The molecule has 0 radical (unpaired) electrons. The maximum atomic E-state index is 3.88. The van der Waals surface area contributed by atoms with E-state index in [4.69, 9.17) is 0 Å². The molecule has 0 bridgehead atoms. The topological polar surface area (TPSA) is 37.8 Å². The Morgan fingerprint density at radius 3 is 2.69 bits per heavy atom. The summed E-state index contributed by atoms with van der Waals surface area (Å²) in [6, 6.07) is 2.40. The van der Waals surface area contributed by atoms with Gasteiger partial charge in [0.2, 0.25) is 0 Å². The molecule has 0 aliphatic heterocycles. The molecule has 1 rings (SSSR count). The summed E-state index contributed by atoms with van der Waals surface area (Å²) in [5.41, 5.74) is 1.21. The first-order chi connectivity index (χ1) is 6.29. The van der Waals surface area contributed by atoms with E-state index in [0.717, 1.165) is 6.42 Å². The normalized spacial score (nSPS) is 15.3. The van der Waals surface area contributed by atoms with Crippen LogP contribution in [-0.2, 0) is 0 Å². The fraction of sp³-hybridized carbons (Fsp3) is 0.600. The summed E-state index contributed by atoms with van der Waals surface area (Å²) in [6.07, 6.45) is 4.73. The van der Waals surface area contributed by atoms with E-state index < -0.39 is 0 Å². The quantitative estimate of drug-likeness (QED) is 0.765. The minimum atomic E-state index is 0.389. The molecule has 0 saturated heterocycles. The van der Waals surface area contributed by atoms with E-state index in [1.165, 1.54) is 5.56 Å². The molecule has 0 saturated carbocycles. The molecule has 72 valence electrons. The third-order valence-electron chi connectivity index (χ3n) is 2.49. The van der Waals surface area contributed by atoms with Crippen molar-refractivity contribution in [3.63, 3.8) is 0 Å². The smallest absolute Gasteiger partial charge is 0.0544 e. The average molecular weight is 179 g/mol. The van der Waals surface area contributed by atoms with Crippen LogP contribution in [0, 0.1) is 5.92 Å². The molecular weight excluding hydrogens is 162 g/mol. The molecule has 3 heteroatoms. The highest BCUT2D eigenvalue weighted by molar-refractivity contribution is 5.12. The molecule has 13 heavy (non-hydrogen) atoms. The van der Waals surface area contributed by atoms with Crippen LogP contribution in [0.3, 0.4) is 0 Å². The SMILES string of the molecule is CCC(C)C(NC)c1ccnnc1. The summed E-state index contributed by atoms with van der Waals surface area (Å²) in [4.78, 5) is 0. The Balaban J connectivity index is 2.78. The molecule has 0 aromatic carbocycles. The fourth-order valence-electron chi connectivity index (χ4n) is 1.50. The number of hydrogen-bond acceptors (Lipinski definition) is 3. The molecule has 2 unspecified atom stereocenters. The van der Waals surface area contributed by atoms with E-state index in [9.17, 15) is 0 Å². The van der Waals surface area contributed by atoms with Crippen LogP contribution in [0.15, 0.2) is 18.5 Å². The molecule has 1 aromatic heterocycles. The van der Waals surface area contributed by atoms with Crippen LogP contribution in [0.5, 0.6) is 0 Å². The van der Waals surface area contributed by atoms with Gasteiger partial charge in [0.15, 0.2) is 0 Å². The van der Waals surface area contributed by atoms with Gasteiger partial charge in [-0.1, -0.05) is 20.3 Å². The van der Waals surface area contributed by atoms with Crippen LogP contribution < -0.4 is 5.32 Å². The zero-order chi connectivity index (χ0) is 9.68. The Bertz CT molecular complexity index is 235. The lowest BCUT2D eigenvalue weighted by Gasteiger charge is -2.22. The highest BCUT2D eigenvalue weighted by Crippen LogP contribution is 2.22. The Hall–Kier alpha value is -0.960. The third-order valence-corrected chi connectivity index (χ3v) is 2.49. The molecule has 0 aliphatic carbocycles.